The van der Waals surface area contributed by atoms with Crippen LogP contribution in [-0.4, -0.2) is 99.3 Å². The predicted molar refractivity (Wildman–Crippen MR) is 117 cm³/mol. The van der Waals surface area contributed by atoms with Crippen molar-refractivity contribution in [2.45, 2.75) is 62.5 Å². The molecule has 0 bridgehead atoms. The molecule has 2 aromatic heterocycles. The first-order valence-electron chi connectivity index (χ1n) is 10.6. The molecule has 0 spiro atoms. The summed E-state index contributed by atoms with van der Waals surface area (Å²) in [6.45, 7) is 0.484. The second-order valence-corrected chi connectivity index (χ2v) is 11.3. The van der Waals surface area contributed by atoms with Crippen LogP contribution in [0.5, 0.6) is 0 Å². The topological polar surface area (TPSA) is 291 Å². The zero-order valence-corrected chi connectivity index (χ0v) is 20.7. The summed E-state index contributed by atoms with van der Waals surface area (Å²) in [6, 6.07) is 0. The molecule has 4 rings (SSSR count). The van der Waals surface area contributed by atoms with Gasteiger partial charge in [0, 0.05) is 6.42 Å². The molecule has 37 heavy (non-hydrogen) atoms. The fourth-order valence-corrected chi connectivity index (χ4v) is 5.91. The minimum absolute atomic E-state index is 0.0810. The Balaban J connectivity index is 1.39. The number of aliphatic hydroxyl groups is 4. The first kappa shape index (κ1) is 28.2. The summed E-state index contributed by atoms with van der Waals surface area (Å²) in [5, 5.41) is 40.2. The zero-order chi connectivity index (χ0) is 27.3. The van der Waals surface area contributed by atoms with Gasteiger partial charge in [-0.15, -0.1) is 0 Å². The maximum Gasteiger partial charge on any atom is 0.483 e. The molecular weight excluding hydrogens is 548 g/mol. The number of aromatic amines is 1. The number of hydrogen-bond donors (Lipinski definition) is 8. The maximum atomic E-state index is 12.3. The molecule has 19 nitrogen and oxygen atoms in total. The number of H-pyrrole nitrogens is 1. The highest BCUT2D eigenvalue weighted by Gasteiger charge is 2.47. The Morgan fingerprint density at radius 1 is 1.16 bits per heavy atom. The van der Waals surface area contributed by atoms with Crippen molar-refractivity contribution >= 4 is 32.8 Å². The molecule has 208 valence electrons. The van der Waals surface area contributed by atoms with Crippen LogP contribution < -0.4 is 11.3 Å². The van der Waals surface area contributed by atoms with Crippen LogP contribution in [0.4, 0.5) is 5.95 Å². The number of fused-ring (bicyclic) bond motifs is 1. The van der Waals surface area contributed by atoms with E-state index in [9.17, 15) is 44.1 Å². The molecule has 4 heterocycles. The number of phosphoric ester groups is 2. The van der Waals surface area contributed by atoms with Crippen LogP contribution in [0.3, 0.4) is 0 Å². The Labute approximate surface area is 206 Å². The predicted octanol–water partition coefficient (Wildman–Crippen LogP) is -2.57. The standard InChI is InChI=1S/C16H25N5O14P2/c1-5-6(22)2-7(23)15(32-5)34-37(29,30)35-36(27,28)31-3-8-10(24)11(25)14(33-8)21-4-18-9-12(21)19-16(17)20-13(9)26/h4-8,10-11,14-15,22-25H,2-3H2,1H3,(H,27,28)(H,29,30)(H3,17,19,20,26). The third kappa shape index (κ3) is 6.10. The Morgan fingerprint density at radius 3 is 2.57 bits per heavy atom. The van der Waals surface area contributed by atoms with Gasteiger partial charge < -0.3 is 45.4 Å². The summed E-state index contributed by atoms with van der Waals surface area (Å²) >= 11 is 0. The number of phosphoric acid groups is 2. The van der Waals surface area contributed by atoms with Crippen LogP contribution in [-0.2, 0) is 32.0 Å². The van der Waals surface area contributed by atoms with E-state index in [2.05, 4.69) is 28.3 Å². The number of rotatable bonds is 8. The summed E-state index contributed by atoms with van der Waals surface area (Å²) < 4.78 is 49.5. The fraction of sp³-hybridized carbons (Fsp3) is 0.688. The maximum absolute atomic E-state index is 12.3. The molecule has 2 aliphatic rings. The summed E-state index contributed by atoms with van der Waals surface area (Å²) in [4.78, 5) is 41.7. The molecule has 10 unspecified atom stereocenters. The average Bonchev–Trinajstić information content (AvgIpc) is 3.31. The smallest absolute Gasteiger partial charge is 0.390 e. The number of aromatic nitrogens is 4. The lowest BCUT2D eigenvalue weighted by Gasteiger charge is -2.35. The van der Waals surface area contributed by atoms with E-state index >= 15 is 0 Å². The second-order valence-electron chi connectivity index (χ2n) is 8.32. The van der Waals surface area contributed by atoms with Crippen LogP contribution in [0.25, 0.3) is 11.2 Å². The van der Waals surface area contributed by atoms with Gasteiger partial charge in [0.15, 0.2) is 23.7 Å². The van der Waals surface area contributed by atoms with Crippen molar-refractivity contribution in [3.8, 4) is 0 Å². The van der Waals surface area contributed by atoms with Crippen LogP contribution in [0.1, 0.15) is 19.6 Å². The third-order valence-electron chi connectivity index (χ3n) is 5.60. The van der Waals surface area contributed by atoms with Crippen molar-refractivity contribution in [3.05, 3.63) is 16.7 Å². The SMILES string of the molecule is CC1OC(OP(=O)(O)OP(=O)(O)OCC2OC(n3cnc4c(=O)[nH]c(N)nc43)C(O)C2O)C(O)CC1O. The highest BCUT2D eigenvalue weighted by Crippen LogP contribution is 2.61. The molecule has 2 fully saturated rings. The minimum Gasteiger partial charge on any atom is -0.390 e. The number of anilines is 1. The average molecular weight is 573 g/mol. The largest absolute Gasteiger partial charge is 0.483 e. The normalized spacial score (nSPS) is 35.9. The lowest BCUT2D eigenvalue weighted by Crippen LogP contribution is -2.46. The molecule has 2 aromatic rings. The van der Waals surface area contributed by atoms with Crippen molar-refractivity contribution < 1.29 is 62.2 Å². The summed E-state index contributed by atoms with van der Waals surface area (Å²) in [5.41, 5.74) is 4.64. The molecular formula is C16H25N5O14P2. The summed E-state index contributed by atoms with van der Waals surface area (Å²) in [5.74, 6) is -0.252. The van der Waals surface area contributed by atoms with Crippen molar-refractivity contribution in [2.24, 2.45) is 0 Å². The Kier molecular flexibility index (Phi) is 7.91. The second kappa shape index (κ2) is 10.4. The van der Waals surface area contributed by atoms with E-state index < -0.39 is 77.0 Å². The van der Waals surface area contributed by atoms with Gasteiger partial charge in [0.2, 0.25) is 5.95 Å². The van der Waals surface area contributed by atoms with Gasteiger partial charge in [0.1, 0.15) is 24.4 Å². The number of aliphatic hydroxyl groups excluding tert-OH is 4. The fourth-order valence-electron chi connectivity index (χ4n) is 3.74. The van der Waals surface area contributed by atoms with Crippen molar-refractivity contribution in [1.82, 2.24) is 19.5 Å². The van der Waals surface area contributed by atoms with Crippen LogP contribution in [0.15, 0.2) is 11.1 Å². The quantitative estimate of drug-likeness (QED) is 0.150. The van der Waals surface area contributed by atoms with E-state index in [1.165, 1.54) is 6.92 Å². The van der Waals surface area contributed by atoms with Gasteiger partial charge in [-0.2, -0.15) is 9.29 Å². The molecule has 0 aromatic carbocycles. The monoisotopic (exact) mass is 573 g/mol. The third-order valence-corrected chi connectivity index (χ3v) is 8.20. The van der Waals surface area contributed by atoms with E-state index in [1.54, 1.807) is 0 Å². The first-order valence-corrected chi connectivity index (χ1v) is 13.6. The molecule has 9 N–H and O–H groups in total. The number of nitrogens with two attached hydrogens (primary N) is 1. The van der Waals surface area contributed by atoms with Gasteiger partial charge in [-0.1, -0.05) is 0 Å². The number of nitrogens with one attached hydrogen (secondary N) is 1. The molecule has 0 amide bonds. The molecule has 0 aliphatic carbocycles. The van der Waals surface area contributed by atoms with E-state index in [4.69, 9.17) is 15.2 Å². The highest BCUT2D eigenvalue weighted by atomic mass is 31.3. The number of hydrogen-bond acceptors (Lipinski definition) is 15. The molecule has 10 atom stereocenters. The van der Waals surface area contributed by atoms with Gasteiger partial charge in [-0.05, 0) is 6.92 Å². The lowest BCUT2D eigenvalue weighted by atomic mass is 10.0. The van der Waals surface area contributed by atoms with Crippen molar-refractivity contribution in [2.75, 3.05) is 12.3 Å². The Morgan fingerprint density at radius 2 is 1.86 bits per heavy atom. The number of imidazole rings is 1. The lowest BCUT2D eigenvalue weighted by molar-refractivity contribution is -0.233. The molecule has 21 heteroatoms. The number of ether oxygens (including phenoxy) is 2. The highest BCUT2D eigenvalue weighted by molar-refractivity contribution is 7.61. The summed E-state index contributed by atoms with van der Waals surface area (Å²) in [7, 11) is -10.7. The molecule has 2 aliphatic heterocycles. The minimum atomic E-state index is -5.37. The molecule has 0 radical (unpaired) electrons. The molecule has 2 saturated heterocycles. The van der Waals surface area contributed by atoms with Gasteiger partial charge in [-0.25, -0.2) is 14.1 Å². The number of nitrogens with zero attached hydrogens (tertiary/aromatic N) is 3. The summed E-state index contributed by atoms with van der Waals surface area (Å²) in [6.07, 6.45) is -10.6. The Hall–Kier alpha value is -1.83. The van der Waals surface area contributed by atoms with Crippen LogP contribution in [0.2, 0.25) is 0 Å². The molecule has 0 saturated carbocycles. The number of nitrogen functional groups attached to an aromatic ring is 1. The first-order chi connectivity index (χ1) is 17.2. The van der Waals surface area contributed by atoms with Crippen LogP contribution >= 0.6 is 15.6 Å². The van der Waals surface area contributed by atoms with Gasteiger partial charge >= 0.3 is 15.6 Å². The Bertz CT molecular complexity index is 1290. The van der Waals surface area contributed by atoms with Crippen LogP contribution in [0, 0.1) is 0 Å². The van der Waals surface area contributed by atoms with Crippen molar-refractivity contribution in [1.29, 1.82) is 0 Å². The van der Waals surface area contributed by atoms with E-state index in [0.717, 1.165) is 10.9 Å². The van der Waals surface area contributed by atoms with Gasteiger partial charge in [0.05, 0.1) is 25.1 Å². The van der Waals surface area contributed by atoms with Gasteiger partial charge in [0.25, 0.3) is 5.56 Å². The van der Waals surface area contributed by atoms with Gasteiger partial charge in [-0.3, -0.25) is 23.4 Å². The van der Waals surface area contributed by atoms with E-state index in [0.29, 0.717) is 0 Å². The zero-order valence-electron chi connectivity index (χ0n) is 18.9. The van der Waals surface area contributed by atoms with Crippen molar-refractivity contribution in [3.63, 3.8) is 0 Å². The van der Waals surface area contributed by atoms with E-state index in [1.807, 2.05) is 0 Å². The van der Waals surface area contributed by atoms with E-state index in [-0.39, 0.29) is 23.5 Å².